The van der Waals surface area contributed by atoms with Gasteiger partial charge in [0.15, 0.2) is 0 Å². The summed E-state index contributed by atoms with van der Waals surface area (Å²) in [5.41, 5.74) is 1.73. The Hall–Kier alpha value is -1.85. The number of aliphatic carboxylic acids is 1. The Labute approximate surface area is 112 Å². The number of carboxylic acid groups (broad SMARTS) is 1. The number of aromatic nitrogens is 2. The van der Waals surface area contributed by atoms with Crippen LogP contribution in [0.25, 0.3) is 0 Å². The van der Waals surface area contributed by atoms with Crippen molar-refractivity contribution in [1.29, 1.82) is 0 Å². The smallest absolute Gasteiger partial charge is 0.308 e. The summed E-state index contributed by atoms with van der Waals surface area (Å²) in [5.74, 6) is -1.42. The molecular weight excluding hydrogens is 246 g/mol. The molecule has 0 aliphatic carbocycles. The topological polar surface area (TPSA) is 75.4 Å². The summed E-state index contributed by atoms with van der Waals surface area (Å²) in [5, 5.41) is 13.6. The number of likely N-dealkylation sites (tertiary alicyclic amines) is 1. The number of nitrogens with zero attached hydrogens (tertiary/aromatic N) is 3. The van der Waals surface area contributed by atoms with Gasteiger partial charge in [0.1, 0.15) is 0 Å². The summed E-state index contributed by atoms with van der Waals surface area (Å²) < 4.78 is 1.71. The summed E-state index contributed by atoms with van der Waals surface area (Å²) in [4.78, 5) is 25.1. The molecule has 104 valence electrons. The third-order valence-electron chi connectivity index (χ3n) is 4.01. The molecule has 1 aromatic rings. The lowest BCUT2D eigenvalue weighted by atomic mass is 9.90. The van der Waals surface area contributed by atoms with Crippen LogP contribution >= 0.6 is 0 Å². The molecule has 1 aromatic heterocycles. The lowest BCUT2D eigenvalue weighted by molar-refractivity contribution is -0.145. The maximum absolute atomic E-state index is 12.0. The van der Waals surface area contributed by atoms with E-state index in [0.29, 0.717) is 19.3 Å². The van der Waals surface area contributed by atoms with Gasteiger partial charge in [-0.2, -0.15) is 5.10 Å². The fraction of sp³-hybridized carbons (Fsp3) is 0.615. The maximum atomic E-state index is 12.0. The molecule has 0 spiro atoms. The third-order valence-corrected chi connectivity index (χ3v) is 4.01. The number of rotatable bonds is 2. The zero-order valence-electron chi connectivity index (χ0n) is 11.5. The van der Waals surface area contributed by atoms with Crippen LogP contribution in [0, 0.1) is 12.8 Å². The van der Waals surface area contributed by atoms with Gasteiger partial charge in [-0.3, -0.25) is 14.3 Å². The number of carbonyl (C=O) groups is 2. The van der Waals surface area contributed by atoms with Crippen LogP contribution in [0.1, 0.15) is 36.6 Å². The molecule has 0 aromatic carbocycles. The van der Waals surface area contributed by atoms with Crippen molar-refractivity contribution < 1.29 is 14.7 Å². The highest BCUT2D eigenvalue weighted by molar-refractivity contribution is 5.79. The van der Waals surface area contributed by atoms with Gasteiger partial charge >= 0.3 is 5.97 Å². The lowest BCUT2D eigenvalue weighted by Crippen LogP contribution is -2.36. The first-order valence-electron chi connectivity index (χ1n) is 6.40. The fourth-order valence-corrected chi connectivity index (χ4v) is 2.72. The van der Waals surface area contributed by atoms with Crippen molar-refractivity contribution in [3.8, 4) is 0 Å². The van der Waals surface area contributed by atoms with E-state index >= 15 is 0 Å². The summed E-state index contributed by atoms with van der Waals surface area (Å²) in [7, 11) is 3.49. The third kappa shape index (κ3) is 2.34. The molecule has 1 saturated heterocycles. The average molecular weight is 265 g/mol. The number of aryl methyl sites for hydroxylation is 1. The minimum Gasteiger partial charge on any atom is -0.481 e. The molecule has 2 atom stereocenters. The second kappa shape index (κ2) is 5.03. The van der Waals surface area contributed by atoms with Gasteiger partial charge in [0.2, 0.25) is 5.91 Å². The molecule has 19 heavy (non-hydrogen) atoms. The summed E-state index contributed by atoms with van der Waals surface area (Å²) in [6.45, 7) is 1.89. The Kier molecular flexibility index (Phi) is 3.59. The van der Waals surface area contributed by atoms with Crippen LogP contribution in [0.4, 0.5) is 0 Å². The highest BCUT2D eigenvalue weighted by Crippen LogP contribution is 2.36. The van der Waals surface area contributed by atoms with E-state index in [1.807, 2.05) is 14.0 Å². The first-order chi connectivity index (χ1) is 8.93. The summed E-state index contributed by atoms with van der Waals surface area (Å²) in [6, 6.07) is -0.429. The van der Waals surface area contributed by atoms with Crippen molar-refractivity contribution >= 4 is 11.9 Å². The molecule has 0 bridgehead atoms. The van der Waals surface area contributed by atoms with Gasteiger partial charge in [-0.15, -0.1) is 0 Å². The Morgan fingerprint density at radius 3 is 2.68 bits per heavy atom. The number of carboxylic acids is 1. The molecule has 0 radical (unpaired) electrons. The first-order valence-corrected chi connectivity index (χ1v) is 6.40. The SMILES string of the molecule is Cc1c(C2C(C(=O)O)CCCC(=O)N2C)cnn1C. The van der Waals surface area contributed by atoms with E-state index in [4.69, 9.17) is 0 Å². The van der Waals surface area contributed by atoms with Gasteiger partial charge in [0.25, 0.3) is 0 Å². The van der Waals surface area contributed by atoms with Gasteiger partial charge in [-0.05, 0) is 19.8 Å². The molecule has 6 nitrogen and oxygen atoms in total. The maximum Gasteiger partial charge on any atom is 0.308 e. The van der Waals surface area contributed by atoms with E-state index in [1.165, 1.54) is 0 Å². The predicted molar refractivity (Wildman–Crippen MR) is 68.4 cm³/mol. The zero-order valence-corrected chi connectivity index (χ0v) is 11.5. The van der Waals surface area contributed by atoms with E-state index in [1.54, 1.807) is 22.8 Å². The summed E-state index contributed by atoms with van der Waals surface area (Å²) >= 11 is 0. The minimum atomic E-state index is -0.852. The Morgan fingerprint density at radius 1 is 1.47 bits per heavy atom. The monoisotopic (exact) mass is 265 g/mol. The van der Waals surface area contributed by atoms with Crippen LogP contribution in [0.3, 0.4) is 0 Å². The van der Waals surface area contributed by atoms with Gasteiger partial charge < -0.3 is 10.0 Å². The quantitative estimate of drug-likeness (QED) is 0.869. The molecule has 2 unspecified atom stereocenters. The zero-order chi connectivity index (χ0) is 14.2. The number of hydrogen-bond acceptors (Lipinski definition) is 3. The van der Waals surface area contributed by atoms with Crippen LogP contribution in [0.5, 0.6) is 0 Å². The number of amides is 1. The van der Waals surface area contributed by atoms with Gasteiger partial charge in [-0.25, -0.2) is 0 Å². The number of hydrogen-bond donors (Lipinski definition) is 1. The molecule has 1 aliphatic heterocycles. The second-order valence-electron chi connectivity index (χ2n) is 5.10. The fourth-order valence-electron chi connectivity index (χ4n) is 2.72. The van der Waals surface area contributed by atoms with Crippen LogP contribution in [-0.2, 0) is 16.6 Å². The molecule has 2 rings (SSSR count). The van der Waals surface area contributed by atoms with Crippen LogP contribution in [-0.4, -0.2) is 38.7 Å². The second-order valence-corrected chi connectivity index (χ2v) is 5.10. The molecule has 2 heterocycles. The normalized spacial score (nSPS) is 24.4. The largest absolute Gasteiger partial charge is 0.481 e. The van der Waals surface area contributed by atoms with Crippen molar-refractivity contribution in [2.24, 2.45) is 13.0 Å². The van der Waals surface area contributed by atoms with Gasteiger partial charge in [0.05, 0.1) is 18.2 Å². The van der Waals surface area contributed by atoms with Crippen molar-refractivity contribution in [1.82, 2.24) is 14.7 Å². The lowest BCUT2D eigenvalue weighted by Gasteiger charge is -2.30. The molecule has 1 aliphatic rings. The van der Waals surface area contributed by atoms with Gasteiger partial charge in [-0.1, -0.05) is 0 Å². The van der Waals surface area contributed by atoms with E-state index in [9.17, 15) is 14.7 Å². The number of carbonyl (C=O) groups excluding carboxylic acids is 1. The Morgan fingerprint density at radius 2 is 2.16 bits per heavy atom. The van der Waals surface area contributed by atoms with Crippen molar-refractivity contribution in [3.05, 3.63) is 17.5 Å². The van der Waals surface area contributed by atoms with Gasteiger partial charge in [0, 0.05) is 31.8 Å². The van der Waals surface area contributed by atoms with E-state index in [2.05, 4.69) is 5.10 Å². The van der Waals surface area contributed by atoms with E-state index < -0.39 is 17.9 Å². The van der Waals surface area contributed by atoms with E-state index in [-0.39, 0.29) is 5.91 Å². The highest BCUT2D eigenvalue weighted by Gasteiger charge is 2.38. The van der Waals surface area contributed by atoms with Crippen LogP contribution in [0.15, 0.2) is 6.20 Å². The Balaban J connectivity index is 2.47. The predicted octanol–water partition coefficient (Wildman–Crippen LogP) is 1.11. The van der Waals surface area contributed by atoms with Crippen molar-refractivity contribution in [2.45, 2.75) is 32.2 Å². The van der Waals surface area contributed by atoms with Crippen LogP contribution < -0.4 is 0 Å². The standard InChI is InChI=1S/C13H19N3O3/c1-8-10(7-14-16(8)3)12-9(13(18)19)5-4-6-11(17)15(12)2/h7,9,12H,4-6H2,1-3H3,(H,18,19). The van der Waals surface area contributed by atoms with Crippen LogP contribution in [0.2, 0.25) is 0 Å². The van der Waals surface area contributed by atoms with E-state index in [0.717, 1.165) is 11.3 Å². The van der Waals surface area contributed by atoms with Crippen molar-refractivity contribution in [3.63, 3.8) is 0 Å². The average Bonchev–Trinajstić information content (AvgIpc) is 2.59. The summed E-state index contributed by atoms with van der Waals surface area (Å²) in [6.07, 6.45) is 3.22. The first kappa shape index (κ1) is 13.6. The van der Waals surface area contributed by atoms with Crippen molar-refractivity contribution in [2.75, 3.05) is 7.05 Å². The molecule has 1 amide bonds. The molecule has 6 heteroatoms. The molecular formula is C13H19N3O3. The molecule has 0 saturated carbocycles. The Bertz CT molecular complexity index is 509. The molecule has 1 fully saturated rings. The minimum absolute atomic E-state index is 0.00277. The molecule has 1 N–H and O–H groups in total. The highest BCUT2D eigenvalue weighted by atomic mass is 16.4.